The van der Waals surface area contributed by atoms with Gasteiger partial charge in [-0.3, -0.25) is 0 Å². The predicted molar refractivity (Wildman–Crippen MR) is 108 cm³/mol. The zero-order valence-corrected chi connectivity index (χ0v) is 17.2. The quantitative estimate of drug-likeness (QED) is 0.322. The predicted octanol–water partition coefficient (Wildman–Crippen LogP) is 7.62. The molecule has 0 fully saturated rings. The number of allylic oxidation sites excluding steroid dienone is 1. The van der Waals surface area contributed by atoms with Crippen LogP contribution in [0.1, 0.15) is 64.0 Å². The van der Waals surface area contributed by atoms with Crippen molar-refractivity contribution in [1.82, 2.24) is 0 Å². The van der Waals surface area contributed by atoms with Gasteiger partial charge in [0.2, 0.25) is 5.82 Å². The van der Waals surface area contributed by atoms with Gasteiger partial charge < -0.3 is 9.47 Å². The molecule has 1 atom stereocenters. The van der Waals surface area contributed by atoms with E-state index in [0.29, 0.717) is 6.42 Å². The van der Waals surface area contributed by atoms with Gasteiger partial charge in [-0.05, 0) is 50.3 Å². The van der Waals surface area contributed by atoms with E-state index in [1.54, 1.807) is 13.2 Å². The Balaban J connectivity index is 1.83. The summed E-state index contributed by atoms with van der Waals surface area (Å²) in [5.41, 5.74) is 0.542. The van der Waals surface area contributed by atoms with Crippen molar-refractivity contribution in [3.63, 3.8) is 0 Å². The van der Waals surface area contributed by atoms with Crippen LogP contribution in [-0.4, -0.2) is 6.61 Å². The average Bonchev–Trinajstić information content (AvgIpc) is 2.75. The lowest BCUT2D eigenvalue weighted by Gasteiger charge is -2.24. The first-order valence-corrected chi connectivity index (χ1v) is 10.4. The maximum Gasteiger partial charge on any atom is 0.201 e. The van der Waals surface area contributed by atoms with Crippen molar-refractivity contribution in [2.24, 2.45) is 0 Å². The van der Waals surface area contributed by atoms with Gasteiger partial charge >= 0.3 is 0 Å². The fraction of sp³-hybridized carbons (Fsp3) is 0.417. The Morgan fingerprint density at radius 1 is 0.900 bits per heavy atom. The van der Waals surface area contributed by atoms with E-state index in [1.807, 2.05) is 0 Å². The second kappa shape index (κ2) is 10.0. The average molecular weight is 422 g/mol. The van der Waals surface area contributed by atoms with Crippen LogP contribution in [0.25, 0.3) is 11.1 Å². The summed E-state index contributed by atoms with van der Waals surface area (Å²) in [6.07, 6.45) is 6.64. The molecule has 162 valence electrons. The minimum absolute atomic E-state index is 0.0759. The number of ether oxygens (including phenoxy) is 2. The lowest BCUT2D eigenvalue weighted by Crippen LogP contribution is -2.11. The van der Waals surface area contributed by atoms with Crippen LogP contribution in [-0.2, 0) is 4.74 Å². The second-order valence-electron chi connectivity index (χ2n) is 7.40. The summed E-state index contributed by atoms with van der Waals surface area (Å²) in [4.78, 5) is 0. The molecule has 0 aromatic heterocycles. The van der Waals surface area contributed by atoms with E-state index in [-0.39, 0.29) is 29.0 Å². The summed E-state index contributed by atoms with van der Waals surface area (Å²) in [6, 6.07) is 5.03. The summed E-state index contributed by atoms with van der Waals surface area (Å²) in [6.45, 7) is 3.93. The molecule has 2 aromatic rings. The minimum Gasteiger partial charge on any atom is -0.493 e. The third-order valence-corrected chi connectivity index (χ3v) is 5.32. The molecule has 2 aromatic carbocycles. The first-order valence-electron chi connectivity index (χ1n) is 10.4. The van der Waals surface area contributed by atoms with E-state index in [1.165, 1.54) is 29.8 Å². The van der Waals surface area contributed by atoms with Crippen molar-refractivity contribution < 1.29 is 27.0 Å². The largest absolute Gasteiger partial charge is 0.493 e. The third-order valence-electron chi connectivity index (χ3n) is 5.32. The molecule has 30 heavy (non-hydrogen) atoms. The van der Waals surface area contributed by atoms with Crippen molar-refractivity contribution in [2.45, 2.75) is 58.5 Å². The summed E-state index contributed by atoms with van der Waals surface area (Å²) < 4.78 is 68.8. The van der Waals surface area contributed by atoms with E-state index in [4.69, 9.17) is 9.47 Å². The summed E-state index contributed by atoms with van der Waals surface area (Å²) in [5, 5.41) is 0. The van der Waals surface area contributed by atoms with E-state index < -0.39 is 29.4 Å². The molecule has 3 rings (SSSR count). The smallest absolute Gasteiger partial charge is 0.201 e. The molecule has 0 bridgehead atoms. The molecule has 0 saturated carbocycles. The van der Waals surface area contributed by atoms with E-state index in [0.717, 1.165) is 32.1 Å². The zero-order chi connectivity index (χ0) is 21.7. The molecule has 0 radical (unpaired) electrons. The Kier molecular flexibility index (Phi) is 7.40. The fourth-order valence-electron chi connectivity index (χ4n) is 3.66. The Bertz CT molecular complexity index is 924. The van der Waals surface area contributed by atoms with Gasteiger partial charge in [0.25, 0.3) is 0 Å². The molecule has 1 unspecified atom stereocenters. The van der Waals surface area contributed by atoms with Gasteiger partial charge in [0.05, 0.1) is 12.9 Å². The number of benzene rings is 2. The minimum atomic E-state index is -1.28. The van der Waals surface area contributed by atoms with E-state index in [2.05, 4.69) is 6.92 Å². The highest BCUT2D eigenvalue weighted by Crippen LogP contribution is 2.37. The third kappa shape index (κ3) is 4.63. The number of hydrogen-bond donors (Lipinski definition) is 0. The molecule has 0 spiro atoms. The van der Waals surface area contributed by atoms with Crippen LogP contribution >= 0.6 is 0 Å². The normalized spacial score (nSPS) is 16.2. The Morgan fingerprint density at radius 2 is 1.60 bits per heavy atom. The molecular formula is C24H26F4O2. The SMILES string of the molecule is CCCCCC1=COC(c2ccc(-c3ccc(OCC)c(F)c3F)c(F)c2F)CC1. The van der Waals surface area contributed by atoms with Gasteiger partial charge in [0, 0.05) is 16.7 Å². The molecule has 1 heterocycles. The van der Waals surface area contributed by atoms with Crippen molar-refractivity contribution >= 4 is 0 Å². The van der Waals surface area contributed by atoms with Crippen molar-refractivity contribution in [3.05, 3.63) is 64.9 Å². The number of halogens is 4. The van der Waals surface area contributed by atoms with Crippen LogP contribution in [0.5, 0.6) is 5.75 Å². The molecule has 6 heteroatoms. The molecule has 0 aliphatic carbocycles. The van der Waals surface area contributed by atoms with Crippen LogP contribution in [0.2, 0.25) is 0 Å². The van der Waals surface area contributed by atoms with Crippen molar-refractivity contribution in [1.29, 1.82) is 0 Å². The van der Waals surface area contributed by atoms with Gasteiger partial charge in [-0.2, -0.15) is 4.39 Å². The van der Waals surface area contributed by atoms with Gasteiger partial charge in [-0.25, -0.2) is 13.2 Å². The van der Waals surface area contributed by atoms with E-state index >= 15 is 0 Å². The van der Waals surface area contributed by atoms with Gasteiger partial charge in [-0.15, -0.1) is 0 Å². The molecular weight excluding hydrogens is 396 g/mol. The van der Waals surface area contributed by atoms with E-state index in [9.17, 15) is 17.6 Å². The molecule has 0 N–H and O–H groups in total. The Morgan fingerprint density at radius 3 is 2.23 bits per heavy atom. The van der Waals surface area contributed by atoms with Crippen molar-refractivity contribution in [2.75, 3.05) is 6.61 Å². The lowest BCUT2D eigenvalue weighted by molar-refractivity contribution is 0.115. The standard InChI is InChI=1S/C24H26F4O2/c1-3-5-6-7-15-8-12-19(30-14-15)18-10-9-16(21(25)23(18)27)17-11-13-20(29-4-2)24(28)22(17)26/h9-11,13-14,19H,3-8,12H2,1-2H3. The lowest BCUT2D eigenvalue weighted by atomic mass is 9.94. The van der Waals surface area contributed by atoms with Crippen LogP contribution < -0.4 is 4.74 Å². The zero-order valence-electron chi connectivity index (χ0n) is 17.2. The van der Waals surface area contributed by atoms with Crippen molar-refractivity contribution in [3.8, 4) is 16.9 Å². The highest BCUT2D eigenvalue weighted by molar-refractivity contribution is 5.66. The molecule has 0 saturated heterocycles. The van der Waals surface area contributed by atoms with Gasteiger partial charge in [-0.1, -0.05) is 31.9 Å². The summed E-state index contributed by atoms with van der Waals surface area (Å²) in [7, 11) is 0. The number of rotatable bonds is 8. The number of hydrogen-bond acceptors (Lipinski definition) is 2. The first-order chi connectivity index (χ1) is 14.5. The Hall–Kier alpha value is -2.50. The summed E-state index contributed by atoms with van der Waals surface area (Å²) >= 11 is 0. The van der Waals surface area contributed by atoms with Gasteiger partial charge in [0.1, 0.15) is 6.10 Å². The maximum absolute atomic E-state index is 14.8. The van der Waals surface area contributed by atoms with Crippen LogP contribution in [0.3, 0.4) is 0 Å². The number of unbranched alkanes of at least 4 members (excludes halogenated alkanes) is 2. The molecule has 2 nitrogen and oxygen atoms in total. The highest BCUT2D eigenvalue weighted by atomic mass is 19.2. The second-order valence-corrected chi connectivity index (χ2v) is 7.40. The maximum atomic E-state index is 14.8. The Labute approximate surface area is 174 Å². The van der Waals surface area contributed by atoms with Crippen LogP contribution in [0, 0.1) is 23.3 Å². The van der Waals surface area contributed by atoms with Gasteiger partial charge in [0.15, 0.2) is 23.2 Å². The van der Waals surface area contributed by atoms with Crippen LogP contribution in [0.15, 0.2) is 36.1 Å². The molecule has 1 aliphatic heterocycles. The first kappa shape index (κ1) is 22.2. The topological polar surface area (TPSA) is 18.5 Å². The summed E-state index contributed by atoms with van der Waals surface area (Å²) in [5.74, 6) is -5.10. The fourth-order valence-corrected chi connectivity index (χ4v) is 3.66. The monoisotopic (exact) mass is 422 g/mol. The molecule has 1 aliphatic rings. The molecule has 0 amide bonds. The highest BCUT2D eigenvalue weighted by Gasteiger charge is 2.26. The van der Waals surface area contributed by atoms with Crippen LogP contribution in [0.4, 0.5) is 17.6 Å².